The molecule has 0 radical (unpaired) electrons. The standard InChI is InChI=1S/C11H15Cl2NO/c1-8(3-4-14-2)15-11-6-9(12)5-10(13)7-11/h5-8,14H,3-4H2,1-2H3. The summed E-state index contributed by atoms with van der Waals surface area (Å²) < 4.78 is 5.67. The largest absolute Gasteiger partial charge is 0.491 e. The second kappa shape index (κ2) is 6.21. The van der Waals surface area contributed by atoms with Gasteiger partial charge in [-0.15, -0.1) is 0 Å². The Balaban J connectivity index is 2.56. The molecule has 1 unspecified atom stereocenters. The van der Waals surface area contributed by atoms with Crippen molar-refractivity contribution in [3.63, 3.8) is 0 Å². The molecule has 0 aromatic heterocycles. The molecule has 0 heterocycles. The first-order valence-electron chi connectivity index (χ1n) is 4.89. The van der Waals surface area contributed by atoms with Crippen molar-refractivity contribution in [3.8, 4) is 5.75 Å². The molecule has 2 nitrogen and oxygen atoms in total. The second-order valence-electron chi connectivity index (χ2n) is 3.43. The SMILES string of the molecule is CNCCC(C)Oc1cc(Cl)cc(Cl)c1. The van der Waals surface area contributed by atoms with Gasteiger partial charge < -0.3 is 10.1 Å². The van der Waals surface area contributed by atoms with Gasteiger partial charge in [-0.05, 0) is 45.1 Å². The summed E-state index contributed by atoms with van der Waals surface area (Å²) in [6, 6.07) is 5.22. The monoisotopic (exact) mass is 247 g/mol. The van der Waals surface area contributed by atoms with Gasteiger partial charge in [-0.3, -0.25) is 0 Å². The molecule has 1 aromatic carbocycles. The molecule has 1 atom stereocenters. The van der Waals surface area contributed by atoms with E-state index in [0.29, 0.717) is 10.0 Å². The van der Waals surface area contributed by atoms with Crippen molar-refractivity contribution in [2.24, 2.45) is 0 Å². The average molecular weight is 248 g/mol. The zero-order valence-electron chi connectivity index (χ0n) is 8.89. The summed E-state index contributed by atoms with van der Waals surface area (Å²) in [6.07, 6.45) is 1.09. The van der Waals surface area contributed by atoms with Crippen LogP contribution in [0.1, 0.15) is 13.3 Å². The lowest BCUT2D eigenvalue weighted by Gasteiger charge is -2.14. The lowest BCUT2D eigenvalue weighted by molar-refractivity contribution is 0.211. The summed E-state index contributed by atoms with van der Waals surface area (Å²) in [7, 11) is 1.92. The zero-order chi connectivity index (χ0) is 11.3. The molecular weight excluding hydrogens is 233 g/mol. The number of nitrogens with one attached hydrogen (secondary N) is 1. The van der Waals surface area contributed by atoms with E-state index in [1.807, 2.05) is 14.0 Å². The van der Waals surface area contributed by atoms with Crippen molar-refractivity contribution in [1.29, 1.82) is 0 Å². The molecule has 84 valence electrons. The van der Waals surface area contributed by atoms with Crippen LogP contribution in [0.25, 0.3) is 0 Å². The van der Waals surface area contributed by atoms with Gasteiger partial charge in [0.2, 0.25) is 0 Å². The third kappa shape index (κ3) is 4.74. The number of rotatable bonds is 5. The predicted octanol–water partition coefficient (Wildman–Crippen LogP) is 3.37. The summed E-state index contributed by atoms with van der Waals surface area (Å²) in [5.74, 6) is 0.719. The van der Waals surface area contributed by atoms with Gasteiger partial charge >= 0.3 is 0 Å². The van der Waals surface area contributed by atoms with Crippen LogP contribution in [0.3, 0.4) is 0 Å². The van der Waals surface area contributed by atoms with Crippen LogP contribution in [0, 0.1) is 0 Å². The van der Waals surface area contributed by atoms with E-state index in [4.69, 9.17) is 27.9 Å². The van der Waals surface area contributed by atoms with Crippen LogP contribution in [-0.4, -0.2) is 19.7 Å². The number of benzene rings is 1. The van der Waals surface area contributed by atoms with Crippen molar-refractivity contribution in [2.75, 3.05) is 13.6 Å². The molecule has 1 rings (SSSR count). The van der Waals surface area contributed by atoms with Crippen LogP contribution in [-0.2, 0) is 0 Å². The quantitative estimate of drug-likeness (QED) is 0.862. The van der Waals surface area contributed by atoms with E-state index >= 15 is 0 Å². The summed E-state index contributed by atoms with van der Waals surface area (Å²) >= 11 is 11.7. The van der Waals surface area contributed by atoms with Gasteiger partial charge in [0, 0.05) is 10.0 Å². The summed E-state index contributed by atoms with van der Waals surface area (Å²) in [5.41, 5.74) is 0. The Morgan fingerprint density at radius 1 is 1.27 bits per heavy atom. The maximum absolute atomic E-state index is 5.86. The zero-order valence-corrected chi connectivity index (χ0v) is 10.4. The molecule has 0 aliphatic rings. The van der Waals surface area contributed by atoms with Crippen molar-refractivity contribution < 1.29 is 4.74 Å². The van der Waals surface area contributed by atoms with Crippen LogP contribution < -0.4 is 10.1 Å². The lowest BCUT2D eigenvalue weighted by Crippen LogP contribution is -2.19. The molecule has 1 aromatic rings. The normalized spacial score (nSPS) is 12.5. The number of halogens is 2. The second-order valence-corrected chi connectivity index (χ2v) is 4.30. The van der Waals surface area contributed by atoms with Crippen LogP contribution in [0.2, 0.25) is 10.0 Å². The van der Waals surface area contributed by atoms with Crippen LogP contribution in [0.4, 0.5) is 0 Å². The van der Waals surface area contributed by atoms with E-state index in [2.05, 4.69) is 5.32 Å². The fourth-order valence-electron chi connectivity index (χ4n) is 1.24. The van der Waals surface area contributed by atoms with Crippen LogP contribution >= 0.6 is 23.2 Å². The molecule has 0 saturated heterocycles. The molecule has 1 N–H and O–H groups in total. The maximum atomic E-state index is 5.86. The molecule has 0 aliphatic heterocycles. The molecule has 0 aliphatic carbocycles. The fraction of sp³-hybridized carbons (Fsp3) is 0.455. The summed E-state index contributed by atoms with van der Waals surface area (Å²) in [5, 5.41) is 4.27. The molecule has 4 heteroatoms. The molecule has 0 spiro atoms. The number of hydrogen-bond donors (Lipinski definition) is 1. The van der Waals surface area contributed by atoms with Gasteiger partial charge in [0.05, 0.1) is 6.10 Å². The Bertz CT molecular complexity index is 297. The van der Waals surface area contributed by atoms with Crippen molar-refractivity contribution in [1.82, 2.24) is 5.32 Å². The smallest absolute Gasteiger partial charge is 0.122 e. The van der Waals surface area contributed by atoms with Crippen molar-refractivity contribution in [3.05, 3.63) is 28.2 Å². The Labute approximate surface area is 101 Å². The highest BCUT2D eigenvalue weighted by Gasteiger charge is 2.05. The third-order valence-corrected chi connectivity index (χ3v) is 2.41. The fourth-order valence-corrected chi connectivity index (χ4v) is 1.74. The Morgan fingerprint density at radius 2 is 1.87 bits per heavy atom. The predicted molar refractivity (Wildman–Crippen MR) is 65.1 cm³/mol. The van der Waals surface area contributed by atoms with Gasteiger partial charge in [-0.1, -0.05) is 23.2 Å². The molecule has 0 amide bonds. The lowest BCUT2D eigenvalue weighted by atomic mass is 10.2. The first kappa shape index (κ1) is 12.6. The molecule has 0 bridgehead atoms. The first-order valence-corrected chi connectivity index (χ1v) is 5.64. The maximum Gasteiger partial charge on any atom is 0.122 e. The Morgan fingerprint density at radius 3 is 2.40 bits per heavy atom. The van der Waals surface area contributed by atoms with E-state index in [0.717, 1.165) is 18.7 Å². The van der Waals surface area contributed by atoms with Gasteiger partial charge in [-0.2, -0.15) is 0 Å². The molecule has 0 fully saturated rings. The summed E-state index contributed by atoms with van der Waals surface area (Å²) in [4.78, 5) is 0. The molecule has 0 saturated carbocycles. The topological polar surface area (TPSA) is 21.3 Å². The van der Waals surface area contributed by atoms with E-state index in [1.165, 1.54) is 0 Å². The van der Waals surface area contributed by atoms with E-state index in [1.54, 1.807) is 18.2 Å². The van der Waals surface area contributed by atoms with Crippen molar-refractivity contribution >= 4 is 23.2 Å². The van der Waals surface area contributed by atoms with Crippen molar-refractivity contribution in [2.45, 2.75) is 19.4 Å². The molecule has 15 heavy (non-hydrogen) atoms. The number of ether oxygens (including phenoxy) is 1. The first-order chi connectivity index (χ1) is 7.11. The highest BCUT2D eigenvalue weighted by atomic mass is 35.5. The van der Waals surface area contributed by atoms with Gasteiger partial charge in [0.15, 0.2) is 0 Å². The summed E-state index contributed by atoms with van der Waals surface area (Å²) in [6.45, 7) is 2.95. The van der Waals surface area contributed by atoms with Gasteiger partial charge in [0.1, 0.15) is 5.75 Å². The van der Waals surface area contributed by atoms with E-state index in [9.17, 15) is 0 Å². The number of hydrogen-bond acceptors (Lipinski definition) is 2. The van der Waals surface area contributed by atoms with Crippen LogP contribution in [0.5, 0.6) is 5.75 Å². The van der Waals surface area contributed by atoms with E-state index in [-0.39, 0.29) is 6.10 Å². The highest BCUT2D eigenvalue weighted by molar-refractivity contribution is 6.34. The Hall–Kier alpha value is -0.440. The van der Waals surface area contributed by atoms with E-state index < -0.39 is 0 Å². The van der Waals surface area contributed by atoms with Crippen LogP contribution in [0.15, 0.2) is 18.2 Å². The third-order valence-electron chi connectivity index (χ3n) is 1.97. The average Bonchev–Trinajstić information content (AvgIpc) is 2.13. The minimum Gasteiger partial charge on any atom is -0.491 e. The molecular formula is C11H15Cl2NO. The van der Waals surface area contributed by atoms with Gasteiger partial charge in [0.25, 0.3) is 0 Å². The Kier molecular flexibility index (Phi) is 5.23. The van der Waals surface area contributed by atoms with Gasteiger partial charge in [-0.25, -0.2) is 0 Å². The minimum atomic E-state index is 0.145. The minimum absolute atomic E-state index is 0.145. The highest BCUT2D eigenvalue weighted by Crippen LogP contribution is 2.25.